The molecule has 1 saturated carbocycles. The van der Waals surface area contributed by atoms with Gasteiger partial charge in [-0.05, 0) is 42.9 Å². The van der Waals surface area contributed by atoms with Gasteiger partial charge in [-0.1, -0.05) is 18.6 Å². The highest BCUT2D eigenvalue weighted by atomic mass is 16.5. The molecule has 1 aromatic carbocycles. The Morgan fingerprint density at radius 2 is 1.93 bits per heavy atom. The molecular weight excluding hydrogens is 188 g/mol. The largest absolute Gasteiger partial charge is 0.493 e. The molecule has 2 nitrogen and oxygen atoms in total. The first-order valence-corrected chi connectivity index (χ1v) is 5.71. The number of ether oxygens (including phenoxy) is 1. The van der Waals surface area contributed by atoms with E-state index in [2.05, 4.69) is 0 Å². The molecule has 2 rings (SSSR count). The fourth-order valence-electron chi connectivity index (χ4n) is 1.75. The maximum absolute atomic E-state index is 8.77. The first-order chi connectivity index (χ1) is 7.38. The van der Waals surface area contributed by atoms with Crippen LogP contribution in [0.1, 0.15) is 24.8 Å². The summed E-state index contributed by atoms with van der Waals surface area (Å²) in [6, 6.07) is 8.02. The van der Waals surface area contributed by atoms with Gasteiger partial charge in [0.15, 0.2) is 0 Å². The molecule has 0 spiro atoms. The second-order valence-corrected chi connectivity index (χ2v) is 4.23. The van der Waals surface area contributed by atoms with E-state index in [0.717, 1.165) is 30.3 Å². The summed E-state index contributed by atoms with van der Waals surface area (Å²) in [5.41, 5.74) is 1.16. The average molecular weight is 206 g/mol. The highest BCUT2D eigenvalue weighted by Crippen LogP contribution is 2.27. The molecule has 0 aromatic heterocycles. The predicted octanol–water partition coefficient (Wildman–Crippen LogP) is 2.40. The molecule has 2 heteroatoms. The van der Waals surface area contributed by atoms with Crippen LogP contribution >= 0.6 is 0 Å². The van der Waals surface area contributed by atoms with Crippen LogP contribution in [-0.2, 0) is 6.42 Å². The van der Waals surface area contributed by atoms with Crippen molar-refractivity contribution in [2.45, 2.75) is 25.7 Å². The first-order valence-electron chi connectivity index (χ1n) is 5.71. The molecule has 1 aromatic rings. The minimum Gasteiger partial charge on any atom is -0.493 e. The molecule has 0 aliphatic heterocycles. The Morgan fingerprint density at radius 3 is 2.47 bits per heavy atom. The number of benzene rings is 1. The van der Waals surface area contributed by atoms with Gasteiger partial charge < -0.3 is 9.84 Å². The third-order valence-corrected chi connectivity index (χ3v) is 3.03. The third-order valence-electron chi connectivity index (χ3n) is 3.03. The predicted molar refractivity (Wildman–Crippen MR) is 60.1 cm³/mol. The van der Waals surface area contributed by atoms with Crippen LogP contribution in [0, 0.1) is 5.92 Å². The summed E-state index contributed by atoms with van der Waals surface area (Å²) in [4.78, 5) is 0. The van der Waals surface area contributed by atoms with E-state index in [4.69, 9.17) is 9.84 Å². The van der Waals surface area contributed by atoms with Crippen molar-refractivity contribution in [2.24, 2.45) is 5.92 Å². The summed E-state index contributed by atoms with van der Waals surface area (Å²) in [6.45, 7) is 1.07. The van der Waals surface area contributed by atoms with Crippen LogP contribution in [0.3, 0.4) is 0 Å². The molecule has 0 unspecified atom stereocenters. The summed E-state index contributed by atoms with van der Waals surface area (Å²) in [6.07, 6.45) is 4.73. The molecule has 0 bridgehead atoms. The highest BCUT2D eigenvalue weighted by molar-refractivity contribution is 5.27. The normalized spacial score (nSPS) is 16.1. The van der Waals surface area contributed by atoms with E-state index >= 15 is 0 Å². The minimum atomic E-state index is 0.211. The van der Waals surface area contributed by atoms with E-state index in [1.165, 1.54) is 19.3 Å². The Labute approximate surface area is 90.9 Å². The fourth-order valence-corrected chi connectivity index (χ4v) is 1.75. The monoisotopic (exact) mass is 206 g/mol. The van der Waals surface area contributed by atoms with Crippen molar-refractivity contribution in [2.75, 3.05) is 13.2 Å². The lowest BCUT2D eigenvalue weighted by Crippen LogP contribution is -2.19. The van der Waals surface area contributed by atoms with Crippen LogP contribution in [0.15, 0.2) is 24.3 Å². The Kier molecular flexibility index (Phi) is 3.62. The molecule has 82 valence electrons. The zero-order valence-electron chi connectivity index (χ0n) is 8.98. The molecule has 0 radical (unpaired) electrons. The third kappa shape index (κ3) is 2.96. The summed E-state index contributed by atoms with van der Waals surface area (Å²) in [5.74, 6) is 1.73. The standard InChI is InChI=1S/C13H18O2/c14-9-8-11-4-6-13(7-5-11)15-10-12-2-1-3-12/h4-7,12,14H,1-3,8-10H2. The molecule has 0 atom stereocenters. The minimum absolute atomic E-state index is 0.211. The van der Waals surface area contributed by atoms with Crippen LogP contribution in [-0.4, -0.2) is 18.3 Å². The number of rotatable bonds is 5. The molecule has 1 fully saturated rings. The van der Waals surface area contributed by atoms with Gasteiger partial charge in [0, 0.05) is 6.61 Å². The molecule has 1 aliphatic carbocycles. The van der Waals surface area contributed by atoms with Gasteiger partial charge in [-0.2, -0.15) is 0 Å². The summed E-state index contributed by atoms with van der Waals surface area (Å²) < 4.78 is 5.68. The molecule has 0 saturated heterocycles. The molecule has 0 amide bonds. The molecule has 1 aliphatic rings. The highest BCUT2D eigenvalue weighted by Gasteiger charge is 2.17. The zero-order chi connectivity index (χ0) is 10.5. The quantitative estimate of drug-likeness (QED) is 0.801. The maximum atomic E-state index is 8.77. The maximum Gasteiger partial charge on any atom is 0.119 e. The summed E-state index contributed by atoms with van der Waals surface area (Å²) in [7, 11) is 0. The van der Waals surface area contributed by atoms with Gasteiger partial charge in [0.2, 0.25) is 0 Å². The first kappa shape index (κ1) is 10.5. The fraction of sp³-hybridized carbons (Fsp3) is 0.538. The second kappa shape index (κ2) is 5.17. The van der Waals surface area contributed by atoms with Crippen LogP contribution in [0.5, 0.6) is 5.75 Å². The average Bonchev–Trinajstić information content (AvgIpc) is 2.19. The van der Waals surface area contributed by atoms with Crippen molar-refractivity contribution in [3.8, 4) is 5.75 Å². The van der Waals surface area contributed by atoms with Crippen molar-refractivity contribution >= 4 is 0 Å². The number of aliphatic hydroxyl groups excluding tert-OH is 1. The van der Waals surface area contributed by atoms with E-state index in [-0.39, 0.29) is 6.61 Å². The van der Waals surface area contributed by atoms with E-state index in [0.29, 0.717) is 0 Å². The van der Waals surface area contributed by atoms with Crippen molar-refractivity contribution in [3.05, 3.63) is 29.8 Å². The number of hydrogen-bond donors (Lipinski definition) is 1. The molecule has 1 N–H and O–H groups in total. The zero-order valence-corrected chi connectivity index (χ0v) is 8.98. The summed E-state index contributed by atoms with van der Waals surface area (Å²) >= 11 is 0. The van der Waals surface area contributed by atoms with Crippen LogP contribution in [0.25, 0.3) is 0 Å². The van der Waals surface area contributed by atoms with Gasteiger partial charge >= 0.3 is 0 Å². The van der Waals surface area contributed by atoms with E-state index in [9.17, 15) is 0 Å². The molecular formula is C13H18O2. The van der Waals surface area contributed by atoms with E-state index in [1.807, 2.05) is 24.3 Å². The lowest BCUT2D eigenvalue weighted by Gasteiger charge is -2.25. The lowest BCUT2D eigenvalue weighted by atomic mass is 9.86. The van der Waals surface area contributed by atoms with Crippen LogP contribution in [0.2, 0.25) is 0 Å². The van der Waals surface area contributed by atoms with Crippen molar-refractivity contribution in [1.82, 2.24) is 0 Å². The van der Waals surface area contributed by atoms with Crippen molar-refractivity contribution in [3.63, 3.8) is 0 Å². The van der Waals surface area contributed by atoms with E-state index in [1.54, 1.807) is 0 Å². The van der Waals surface area contributed by atoms with Crippen molar-refractivity contribution < 1.29 is 9.84 Å². The Hall–Kier alpha value is -1.02. The molecule has 15 heavy (non-hydrogen) atoms. The number of hydrogen-bond acceptors (Lipinski definition) is 2. The van der Waals surface area contributed by atoms with Gasteiger partial charge in [0.1, 0.15) is 5.75 Å². The second-order valence-electron chi connectivity index (χ2n) is 4.23. The lowest BCUT2D eigenvalue weighted by molar-refractivity contribution is 0.180. The van der Waals surface area contributed by atoms with Gasteiger partial charge in [0.25, 0.3) is 0 Å². The van der Waals surface area contributed by atoms with Crippen molar-refractivity contribution in [1.29, 1.82) is 0 Å². The number of aliphatic hydroxyl groups is 1. The Morgan fingerprint density at radius 1 is 1.20 bits per heavy atom. The summed E-state index contributed by atoms with van der Waals surface area (Å²) in [5, 5.41) is 8.77. The van der Waals surface area contributed by atoms with Crippen LogP contribution < -0.4 is 4.74 Å². The van der Waals surface area contributed by atoms with Gasteiger partial charge in [-0.25, -0.2) is 0 Å². The smallest absolute Gasteiger partial charge is 0.119 e. The van der Waals surface area contributed by atoms with Gasteiger partial charge in [-0.15, -0.1) is 0 Å². The van der Waals surface area contributed by atoms with Crippen LogP contribution in [0.4, 0.5) is 0 Å². The topological polar surface area (TPSA) is 29.5 Å². The van der Waals surface area contributed by atoms with E-state index < -0.39 is 0 Å². The van der Waals surface area contributed by atoms with Gasteiger partial charge in [0.05, 0.1) is 6.61 Å². The Balaban J connectivity index is 1.80. The molecule has 0 heterocycles. The van der Waals surface area contributed by atoms with Gasteiger partial charge in [-0.3, -0.25) is 0 Å². The SMILES string of the molecule is OCCc1ccc(OCC2CCC2)cc1. The Bertz CT molecular complexity index is 288.